The topological polar surface area (TPSA) is 32.7 Å². The Morgan fingerprint density at radius 2 is 2.15 bits per heavy atom. The standard InChI is InChI=1S/C17H27NO2/c1-14-7-6-10-17(11-14,13-19)12-18(2)15-8-4-5-9-16(15)20-3/h4-5,8-9,14,19H,6-7,10-13H2,1-3H3. The molecule has 2 unspecified atom stereocenters. The average Bonchev–Trinajstić information content (AvgIpc) is 2.47. The van der Waals surface area contributed by atoms with Crippen LogP contribution in [0.2, 0.25) is 0 Å². The molecule has 3 nitrogen and oxygen atoms in total. The molecule has 1 N–H and O–H groups in total. The third kappa shape index (κ3) is 3.26. The molecule has 0 bridgehead atoms. The van der Waals surface area contributed by atoms with Crippen LogP contribution in [0.1, 0.15) is 32.6 Å². The Balaban J connectivity index is 2.14. The molecule has 0 radical (unpaired) electrons. The van der Waals surface area contributed by atoms with Gasteiger partial charge in [-0.05, 0) is 30.9 Å². The lowest BCUT2D eigenvalue weighted by Crippen LogP contribution is -2.42. The largest absolute Gasteiger partial charge is 0.495 e. The molecule has 0 heterocycles. The van der Waals surface area contributed by atoms with Crippen LogP contribution < -0.4 is 9.64 Å². The molecule has 0 spiro atoms. The van der Waals surface area contributed by atoms with E-state index in [1.807, 2.05) is 18.2 Å². The zero-order chi connectivity index (χ0) is 14.6. The molecule has 1 saturated carbocycles. The van der Waals surface area contributed by atoms with Gasteiger partial charge in [-0.15, -0.1) is 0 Å². The second-order valence-electron chi connectivity index (χ2n) is 6.39. The van der Waals surface area contributed by atoms with E-state index in [1.54, 1.807) is 7.11 Å². The van der Waals surface area contributed by atoms with E-state index in [1.165, 1.54) is 12.8 Å². The van der Waals surface area contributed by atoms with Crippen molar-refractivity contribution in [3.05, 3.63) is 24.3 Å². The van der Waals surface area contributed by atoms with Gasteiger partial charge in [0, 0.05) is 19.0 Å². The first-order valence-electron chi connectivity index (χ1n) is 7.55. The summed E-state index contributed by atoms with van der Waals surface area (Å²) >= 11 is 0. The number of hydrogen-bond acceptors (Lipinski definition) is 3. The SMILES string of the molecule is COc1ccccc1N(C)CC1(CO)CCCC(C)C1. The van der Waals surface area contributed by atoms with E-state index in [0.717, 1.165) is 30.8 Å². The van der Waals surface area contributed by atoms with E-state index >= 15 is 0 Å². The van der Waals surface area contributed by atoms with Gasteiger partial charge in [-0.25, -0.2) is 0 Å². The zero-order valence-electron chi connectivity index (χ0n) is 12.9. The lowest BCUT2D eigenvalue weighted by molar-refractivity contribution is 0.0675. The van der Waals surface area contributed by atoms with Gasteiger partial charge in [-0.2, -0.15) is 0 Å². The highest BCUT2D eigenvalue weighted by molar-refractivity contribution is 5.58. The average molecular weight is 277 g/mol. The summed E-state index contributed by atoms with van der Waals surface area (Å²) in [5.41, 5.74) is 1.13. The van der Waals surface area contributed by atoms with Crippen LogP contribution in [0.15, 0.2) is 24.3 Å². The quantitative estimate of drug-likeness (QED) is 0.896. The normalized spacial score (nSPS) is 26.3. The Morgan fingerprint density at radius 3 is 2.80 bits per heavy atom. The van der Waals surface area contributed by atoms with Crippen LogP contribution in [0, 0.1) is 11.3 Å². The van der Waals surface area contributed by atoms with Gasteiger partial charge in [0.15, 0.2) is 0 Å². The van der Waals surface area contributed by atoms with Gasteiger partial charge >= 0.3 is 0 Å². The summed E-state index contributed by atoms with van der Waals surface area (Å²) in [7, 11) is 3.80. The summed E-state index contributed by atoms with van der Waals surface area (Å²) in [5.74, 6) is 1.61. The highest BCUT2D eigenvalue weighted by Crippen LogP contribution is 2.41. The third-order valence-electron chi connectivity index (χ3n) is 4.59. The van der Waals surface area contributed by atoms with Crippen molar-refractivity contribution in [2.24, 2.45) is 11.3 Å². The van der Waals surface area contributed by atoms with E-state index in [4.69, 9.17) is 4.74 Å². The van der Waals surface area contributed by atoms with Crippen molar-refractivity contribution in [2.75, 3.05) is 32.2 Å². The smallest absolute Gasteiger partial charge is 0.142 e. The van der Waals surface area contributed by atoms with Gasteiger partial charge in [-0.1, -0.05) is 31.9 Å². The van der Waals surface area contributed by atoms with Crippen molar-refractivity contribution in [1.82, 2.24) is 0 Å². The molecule has 0 amide bonds. The maximum absolute atomic E-state index is 9.92. The van der Waals surface area contributed by atoms with Crippen LogP contribution >= 0.6 is 0 Å². The minimum Gasteiger partial charge on any atom is -0.495 e. The van der Waals surface area contributed by atoms with E-state index in [9.17, 15) is 5.11 Å². The molecule has 112 valence electrons. The second kappa shape index (κ2) is 6.49. The molecule has 1 aromatic carbocycles. The fourth-order valence-electron chi connectivity index (χ4n) is 3.64. The number of methoxy groups -OCH3 is 1. The molecule has 2 atom stereocenters. The van der Waals surface area contributed by atoms with Crippen LogP contribution in [0.4, 0.5) is 5.69 Å². The lowest BCUT2D eigenvalue weighted by atomic mass is 9.70. The molecule has 20 heavy (non-hydrogen) atoms. The Kier molecular flexibility index (Phi) is 4.92. The van der Waals surface area contributed by atoms with Gasteiger partial charge in [0.25, 0.3) is 0 Å². The van der Waals surface area contributed by atoms with E-state index in [2.05, 4.69) is 24.9 Å². The Bertz CT molecular complexity index is 435. The molecule has 1 aromatic rings. The predicted molar refractivity (Wildman–Crippen MR) is 83.4 cm³/mol. The first-order valence-corrected chi connectivity index (χ1v) is 7.55. The number of nitrogens with zero attached hydrogens (tertiary/aromatic N) is 1. The molecule has 1 aliphatic rings. The van der Waals surface area contributed by atoms with Gasteiger partial charge in [-0.3, -0.25) is 0 Å². The van der Waals surface area contributed by atoms with E-state index in [-0.39, 0.29) is 12.0 Å². The molecule has 0 aliphatic heterocycles. The molecular weight excluding hydrogens is 250 g/mol. The molecule has 1 aliphatic carbocycles. The van der Waals surface area contributed by atoms with Crippen molar-refractivity contribution >= 4 is 5.69 Å². The monoisotopic (exact) mass is 277 g/mol. The molecule has 3 heteroatoms. The fraction of sp³-hybridized carbons (Fsp3) is 0.647. The Labute approximate surface area is 122 Å². The number of hydrogen-bond donors (Lipinski definition) is 1. The van der Waals surface area contributed by atoms with Crippen LogP contribution in [-0.4, -0.2) is 32.4 Å². The fourth-order valence-corrected chi connectivity index (χ4v) is 3.64. The Hall–Kier alpha value is -1.22. The molecule has 2 rings (SSSR count). The molecule has 0 aromatic heterocycles. The van der Waals surface area contributed by atoms with Crippen molar-refractivity contribution < 1.29 is 9.84 Å². The van der Waals surface area contributed by atoms with Crippen LogP contribution in [0.25, 0.3) is 0 Å². The van der Waals surface area contributed by atoms with Crippen molar-refractivity contribution in [1.29, 1.82) is 0 Å². The summed E-state index contributed by atoms with van der Waals surface area (Å²) in [6, 6.07) is 8.08. The summed E-state index contributed by atoms with van der Waals surface area (Å²) < 4.78 is 5.44. The second-order valence-corrected chi connectivity index (χ2v) is 6.39. The predicted octanol–water partition coefficient (Wildman–Crippen LogP) is 3.32. The maximum atomic E-state index is 9.92. The number of para-hydroxylation sites is 2. The van der Waals surface area contributed by atoms with Crippen molar-refractivity contribution in [3.8, 4) is 5.75 Å². The summed E-state index contributed by atoms with van der Waals surface area (Å²) in [4.78, 5) is 2.23. The number of aliphatic hydroxyl groups is 1. The summed E-state index contributed by atoms with van der Waals surface area (Å²) in [6.07, 6.45) is 4.75. The number of anilines is 1. The number of ether oxygens (including phenoxy) is 1. The first kappa shape index (κ1) is 15.2. The summed E-state index contributed by atoms with van der Waals surface area (Å²) in [6.45, 7) is 3.46. The van der Waals surface area contributed by atoms with Crippen LogP contribution in [0.3, 0.4) is 0 Å². The zero-order valence-corrected chi connectivity index (χ0v) is 12.9. The van der Waals surface area contributed by atoms with Crippen molar-refractivity contribution in [2.45, 2.75) is 32.6 Å². The highest BCUT2D eigenvalue weighted by Gasteiger charge is 2.35. The third-order valence-corrected chi connectivity index (χ3v) is 4.59. The van der Waals surface area contributed by atoms with E-state index in [0.29, 0.717) is 5.92 Å². The van der Waals surface area contributed by atoms with Crippen molar-refractivity contribution in [3.63, 3.8) is 0 Å². The summed E-state index contributed by atoms with van der Waals surface area (Å²) in [5, 5.41) is 9.92. The number of benzene rings is 1. The number of rotatable bonds is 5. The van der Waals surface area contributed by atoms with Gasteiger partial charge in [0.05, 0.1) is 19.4 Å². The van der Waals surface area contributed by atoms with Crippen LogP contribution in [-0.2, 0) is 0 Å². The van der Waals surface area contributed by atoms with E-state index < -0.39 is 0 Å². The van der Waals surface area contributed by atoms with Gasteiger partial charge < -0.3 is 14.7 Å². The highest BCUT2D eigenvalue weighted by atomic mass is 16.5. The number of aliphatic hydroxyl groups excluding tert-OH is 1. The molecule has 1 fully saturated rings. The Morgan fingerprint density at radius 1 is 1.40 bits per heavy atom. The molecular formula is C17H27NO2. The molecule has 0 saturated heterocycles. The van der Waals surface area contributed by atoms with Gasteiger partial charge in [0.2, 0.25) is 0 Å². The maximum Gasteiger partial charge on any atom is 0.142 e. The van der Waals surface area contributed by atoms with Gasteiger partial charge in [0.1, 0.15) is 5.75 Å². The minimum absolute atomic E-state index is 0.0350. The first-order chi connectivity index (χ1) is 9.60. The minimum atomic E-state index is 0.0350. The lowest BCUT2D eigenvalue weighted by Gasteiger charge is -2.42. The van der Waals surface area contributed by atoms with Crippen LogP contribution in [0.5, 0.6) is 5.75 Å².